The van der Waals surface area contributed by atoms with E-state index in [4.69, 9.17) is 9.47 Å². The summed E-state index contributed by atoms with van der Waals surface area (Å²) < 4.78 is 10.0. The first-order valence-electron chi connectivity index (χ1n) is 6.15. The molecule has 0 aromatic carbocycles. The summed E-state index contributed by atoms with van der Waals surface area (Å²) >= 11 is 0. The molecule has 0 unspecified atom stereocenters. The molecule has 0 aliphatic rings. The maximum atomic E-state index is 11.2. The molecule has 0 bridgehead atoms. The van der Waals surface area contributed by atoms with Gasteiger partial charge >= 0.3 is 5.97 Å². The summed E-state index contributed by atoms with van der Waals surface area (Å²) in [5, 5.41) is 0. The topological polar surface area (TPSA) is 48.4 Å². The fourth-order valence-corrected chi connectivity index (χ4v) is 1.42. The van der Waals surface area contributed by atoms with Gasteiger partial charge in [-0.05, 0) is 37.6 Å². The SMILES string of the molecule is CCO/C=C\c1ccnc(CCC(=O)OCC)c1. The lowest BCUT2D eigenvalue weighted by Gasteiger charge is -2.02. The molecule has 18 heavy (non-hydrogen) atoms. The van der Waals surface area contributed by atoms with Gasteiger partial charge in [0.05, 0.1) is 25.9 Å². The first-order valence-corrected chi connectivity index (χ1v) is 6.15. The Balaban J connectivity index is 2.51. The Hall–Kier alpha value is -1.84. The molecule has 0 saturated heterocycles. The molecule has 0 aliphatic heterocycles. The van der Waals surface area contributed by atoms with Crippen molar-refractivity contribution in [3.63, 3.8) is 0 Å². The molecule has 0 atom stereocenters. The van der Waals surface area contributed by atoms with Gasteiger partial charge in [-0.25, -0.2) is 0 Å². The second kappa shape index (κ2) is 8.28. The molecule has 4 nitrogen and oxygen atoms in total. The van der Waals surface area contributed by atoms with Crippen LogP contribution in [0.1, 0.15) is 31.5 Å². The Morgan fingerprint density at radius 3 is 2.94 bits per heavy atom. The predicted octanol–water partition coefficient (Wildman–Crippen LogP) is 2.58. The van der Waals surface area contributed by atoms with Gasteiger partial charge in [0, 0.05) is 18.3 Å². The van der Waals surface area contributed by atoms with Crippen molar-refractivity contribution < 1.29 is 14.3 Å². The highest BCUT2D eigenvalue weighted by atomic mass is 16.5. The molecular formula is C14H19NO3. The van der Waals surface area contributed by atoms with E-state index >= 15 is 0 Å². The fraction of sp³-hybridized carbons (Fsp3) is 0.429. The number of hydrogen-bond acceptors (Lipinski definition) is 4. The van der Waals surface area contributed by atoms with E-state index in [1.165, 1.54) is 0 Å². The molecule has 4 heteroatoms. The molecule has 1 heterocycles. The summed E-state index contributed by atoms with van der Waals surface area (Å²) in [7, 11) is 0. The summed E-state index contributed by atoms with van der Waals surface area (Å²) in [5.41, 5.74) is 1.89. The number of carbonyl (C=O) groups excluding carboxylic acids is 1. The molecular weight excluding hydrogens is 230 g/mol. The third-order valence-electron chi connectivity index (χ3n) is 2.25. The smallest absolute Gasteiger partial charge is 0.306 e. The first kappa shape index (κ1) is 14.2. The zero-order chi connectivity index (χ0) is 13.2. The molecule has 0 radical (unpaired) electrons. The van der Waals surface area contributed by atoms with E-state index in [0.29, 0.717) is 26.1 Å². The van der Waals surface area contributed by atoms with Crippen LogP contribution < -0.4 is 0 Å². The summed E-state index contributed by atoms with van der Waals surface area (Å²) in [6.45, 7) is 4.80. The summed E-state index contributed by atoms with van der Waals surface area (Å²) in [5.74, 6) is -0.186. The minimum absolute atomic E-state index is 0.186. The van der Waals surface area contributed by atoms with Crippen LogP contribution in [-0.4, -0.2) is 24.2 Å². The summed E-state index contributed by atoms with van der Waals surface area (Å²) in [6.07, 6.45) is 6.21. The predicted molar refractivity (Wildman–Crippen MR) is 69.9 cm³/mol. The number of carbonyl (C=O) groups is 1. The van der Waals surface area contributed by atoms with Gasteiger partial charge < -0.3 is 9.47 Å². The number of ether oxygens (including phenoxy) is 2. The van der Waals surface area contributed by atoms with Crippen molar-refractivity contribution in [3.8, 4) is 0 Å². The minimum atomic E-state index is -0.186. The average molecular weight is 249 g/mol. The number of pyridine rings is 1. The average Bonchev–Trinajstić information content (AvgIpc) is 2.38. The van der Waals surface area contributed by atoms with Crippen LogP contribution >= 0.6 is 0 Å². The molecule has 0 N–H and O–H groups in total. The third kappa shape index (κ3) is 5.48. The van der Waals surface area contributed by atoms with Crippen molar-refractivity contribution in [1.82, 2.24) is 4.98 Å². The third-order valence-corrected chi connectivity index (χ3v) is 2.25. The maximum absolute atomic E-state index is 11.2. The molecule has 0 aliphatic carbocycles. The second-order valence-electron chi connectivity index (χ2n) is 3.64. The number of hydrogen-bond donors (Lipinski definition) is 0. The van der Waals surface area contributed by atoms with Gasteiger partial charge in [0.1, 0.15) is 0 Å². The van der Waals surface area contributed by atoms with Crippen LogP contribution in [0.2, 0.25) is 0 Å². The summed E-state index contributed by atoms with van der Waals surface area (Å²) in [4.78, 5) is 15.4. The van der Waals surface area contributed by atoms with E-state index in [2.05, 4.69) is 4.98 Å². The van der Waals surface area contributed by atoms with Crippen LogP contribution in [-0.2, 0) is 20.7 Å². The lowest BCUT2D eigenvalue weighted by molar-refractivity contribution is -0.143. The standard InChI is InChI=1S/C14H19NO3/c1-3-17-10-8-12-7-9-15-13(11-12)5-6-14(16)18-4-2/h7-11H,3-6H2,1-2H3/b10-8-. The zero-order valence-corrected chi connectivity index (χ0v) is 10.9. The van der Waals surface area contributed by atoms with Gasteiger partial charge in [0.15, 0.2) is 0 Å². The monoisotopic (exact) mass is 249 g/mol. The Morgan fingerprint density at radius 2 is 2.22 bits per heavy atom. The van der Waals surface area contributed by atoms with Gasteiger partial charge in [-0.1, -0.05) is 0 Å². The molecule has 0 spiro atoms. The molecule has 1 rings (SSSR count). The molecule has 0 amide bonds. The Bertz CT molecular complexity index is 402. The number of aryl methyl sites for hydroxylation is 1. The van der Waals surface area contributed by atoms with E-state index < -0.39 is 0 Å². The molecule has 1 aromatic rings. The number of esters is 1. The highest BCUT2D eigenvalue weighted by Crippen LogP contribution is 2.07. The van der Waals surface area contributed by atoms with Gasteiger partial charge in [-0.2, -0.15) is 0 Å². The van der Waals surface area contributed by atoms with Crippen LogP contribution in [0.3, 0.4) is 0 Å². The normalized spacial score (nSPS) is 10.6. The maximum Gasteiger partial charge on any atom is 0.306 e. The zero-order valence-electron chi connectivity index (χ0n) is 10.9. The molecule has 1 aromatic heterocycles. The Labute approximate surface area is 108 Å². The van der Waals surface area contributed by atoms with Crippen LogP contribution in [0.5, 0.6) is 0 Å². The van der Waals surface area contributed by atoms with Crippen LogP contribution in [0.25, 0.3) is 6.08 Å². The Morgan fingerprint density at radius 1 is 1.39 bits per heavy atom. The molecule has 98 valence electrons. The molecule has 0 saturated carbocycles. The van der Waals surface area contributed by atoms with E-state index in [0.717, 1.165) is 11.3 Å². The van der Waals surface area contributed by atoms with Crippen LogP contribution in [0.15, 0.2) is 24.6 Å². The summed E-state index contributed by atoms with van der Waals surface area (Å²) in [6, 6.07) is 3.83. The van der Waals surface area contributed by atoms with Crippen LogP contribution in [0, 0.1) is 0 Å². The lowest BCUT2D eigenvalue weighted by Crippen LogP contribution is -2.05. The fourth-order valence-electron chi connectivity index (χ4n) is 1.42. The van der Waals surface area contributed by atoms with Gasteiger partial charge in [0.2, 0.25) is 0 Å². The second-order valence-corrected chi connectivity index (χ2v) is 3.64. The van der Waals surface area contributed by atoms with Crippen molar-refractivity contribution in [2.24, 2.45) is 0 Å². The molecule has 0 fully saturated rings. The van der Waals surface area contributed by atoms with Crippen molar-refractivity contribution in [1.29, 1.82) is 0 Å². The number of nitrogens with zero attached hydrogens (tertiary/aromatic N) is 1. The Kier molecular flexibility index (Phi) is 6.54. The van der Waals surface area contributed by atoms with Crippen molar-refractivity contribution in [2.75, 3.05) is 13.2 Å². The quantitative estimate of drug-likeness (QED) is 0.550. The highest BCUT2D eigenvalue weighted by molar-refractivity contribution is 5.69. The van der Waals surface area contributed by atoms with Crippen molar-refractivity contribution >= 4 is 12.0 Å². The van der Waals surface area contributed by atoms with E-state index in [1.807, 2.05) is 25.1 Å². The minimum Gasteiger partial charge on any atom is -0.501 e. The van der Waals surface area contributed by atoms with E-state index in [-0.39, 0.29) is 5.97 Å². The van der Waals surface area contributed by atoms with Crippen molar-refractivity contribution in [3.05, 3.63) is 35.8 Å². The van der Waals surface area contributed by atoms with E-state index in [9.17, 15) is 4.79 Å². The van der Waals surface area contributed by atoms with Crippen LogP contribution in [0.4, 0.5) is 0 Å². The van der Waals surface area contributed by atoms with Gasteiger partial charge in [-0.15, -0.1) is 0 Å². The van der Waals surface area contributed by atoms with Crippen molar-refractivity contribution in [2.45, 2.75) is 26.7 Å². The number of rotatable bonds is 7. The van der Waals surface area contributed by atoms with Gasteiger partial charge in [-0.3, -0.25) is 9.78 Å². The highest BCUT2D eigenvalue weighted by Gasteiger charge is 2.03. The lowest BCUT2D eigenvalue weighted by atomic mass is 10.1. The largest absolute Gasteiger partial charge is 0.501 e. The number of aromatic nitrogens is 1. The first-order chi connectivity index (χ1) is 8.76. The van der Waals surface area contributed by atoms with E-state index in [1.54, 1.807) is 19.4 Å². The van der Waals surface area contributed by atoms with Gasteiger partial charge in [0.25, 0.3) is 0 Å².